The summed E-state index contributed by atoms with van der Waals surface area (Å²) in [5.74, 6) is -0.345. The number of hydrogen-bond acceptors (Lipinski definition) is 2. The Morgan fingerprint density at radius 2 is 2.00 bits per heavy atom. The van der Waals surface area contributed by atoms with Crippen LogP contribution in [0.4, 0.5) is 0 Å². The van der Waals surface area contributed by atoms with Crippen molar-refractivity contribution in [1.82, 2.24) is 4.57 Å². The second-order valence-electron chi connectivity index (χ2n) is 3.61. The maximum Gasteiger partial charge on any atom is 0.219 e. The predicted octanol–water partition coefficient (Wildman–Crippen LogP) is 0.877. The molecule has 0 saturated heterocycles. The molecular weight excluding hydrogens is 204 g/mol. The minimum absolute atomic E-state index is 0.00840. The van der Waals surface area contributed by atoms with Gasteiger partial charge >= 0.3 is 0 Å². The van der Waals surface area contributed by atoms with Gasteiger partial charge in [0.1, 0.15) is 0 Å². The van der Waals surface area contributed by atoms with Crippen LogP contribution < -0.4 is 11.2 Å². The molecular formula is C12H12N2O2. The molecule has 4 nitrogen and oxygen atoms in total. The molecule has 0 saturated carbocycles. The van der Waals surface area contributed by atoms with Gasteiger partial charge in [0.05, 0.1) is 5.52 Å². The third kappa shape index (κ3) is 1.95. The van der Waals surface area contributed by atoms with E-state index in [0.717, 1.165) is 5.52 Å². The van der Waals surface area contributed by atoms with Crippen LogP contribution in [0, 0.1) is 0 Å². The Labute approximate surface area is 92.3 Å². The summed E-state index contributed by atoms with van der Waals surface area (Å²) < 4.78 is 1.86. The summed E-state index contributed by atoms with van der Waals surface area (Å²) in [5, 5.41) is 0.662. The molecule has 0 spiro atoms. The minimum Gasteiger partial charge on any atom is -0.370 e. The van der Waals surface area contributed by atoms with Gasteiger partial charge in [0.25, 0.3) is 0 Å². The third-order valence-corrected chi connectivity index (χ3v) is 2.48. The molecule has 16 heavy (non-hydrogen) atoms. The predicted molar refractivity (Wildman–Crippen MR) is 62.0 cm³/mol. The Kier molecular flexibility index (Phi) is 2.72. The van der Waals surface area contributed by atoms with Crippen LogP contribution >= 0.6 is 0 Å². The van der Waals surface area contributed by atoms with Gasteiger partial charge < -0.3 is 10.3 Å². The number of nitrogens with two attached hydrogens (primary N) is 1. The van der Waals surface area contributed by atoms with Crippen LogP contribution in [0.25, 0.3) is 10.9 Å². The summed E-state index contributed by atoms with van der Waals surface area (Å²) in [5.41, 5.74) is 5.92. The third-order valence-electron chi connectivity index (χ3n) is 2.48. The van der Waals surface area contributed by atoms with E-state index in [1.807, 2.05) is 22.8 Å². The molecule has 2 rings (SSSR count). The van der Waals surface area contributed by atoms with Gasteiger partial charge in [-0.1, -0.05) is 12.1 Å². The summed E-state index contributed by atoms with van der Waals surface area (Å²) in [6, 6.07) is 8.82. The number of aromatic nitrogens is 1. The smallest absolute Gasteiger partial charge is 0.219 e. The minimum atomic E-state index is -0.345. The van der Waals surface area contributed by atoms with Crippen molar-refractivity contribution in [1.29, 1.82) is 0 Å². The zero-order chi connectivity index (χ0) is 11.5. The van der Waals surface area contributed by atoms with E-state index in [4.69, 9.17) is 5.73 Å². The van der Waals surface area contributed by atoms with Crippen LogP contribution in [-0.4, -0.2) is 10.5 Å². The molecule has 2 aromatic rings. The highest BCUT2D eigenvalue weighted by atomic mass is 16.1. The van der Waals surface area contributed by atoms with E-state index in [9.17, 15) is 9.59 Å². The summed E-state index contributed by atoms with van der Waals surface area (Å²) in [6.45, 7) is 0.496. The standard InChI is InChI=1S/C12H12N2O2/c13-12(16)6-8-14-7-5-11(15)9-3-1-2-4-10(9)14/h1-5,7H,6,8H2,(H2,13,16). The quantitative estimate of drug-likeness (QED) is 0.827. The number of aryl methyl sites for hydroxylation is 1. The summed E-state index contributed by atoms with van der Waals surface area (Å²) in [6.07, 6.45) is 1.96. The van der Waals surface area contributed by atoms with Gasteiger partial charge in [-0.05, 0) is 12.1 Å². The van der Waals surface area contributed by atoms with Gasteiger partial charge in [-0.25, -0.2) is 0 Å². The average molecular weight is 216 g/mol. The van der Waals surface area contributed by atoms with Gasteiger partial charge in [-0.2, -0.15) is 0 Å². The maximum atomic E-state index is 11.6. The number of fused-ring (bicyclic) bond motifs is 1. The lowest BCUT2D eigenvalue weighted by Gasteiger charge is -2.08. The van der Waals surface area contributed by atoms with Crippen molar-refractivity contribution in [2.24, 2.45) is 5.73 Å². The lowest BCUT2D eigenvalue weighted by atomic mass is 10.2. The van der Waals surface area contributed by atoms with E-state index in [-0.39, 0.29) is 17.8 Å². The zero-order valence-corrected chi connectivity index (χ0v) is 8.72. The Bertz CT molecular complexity index is 587. The number of benzene rings is 1. The van der Waals surface area contributed by atoms with Crippen molar-refractivity contribution in [3.8, 4) is 0 Å². The number of amides is 1. The molecule has 0 bridgehead atoms. The molecule has 0 atom stereocenters. The van der Waals surface area contributed by atoms with Gasteiger partial charge in [0.2, 0.25) is 5.91 Å². The first-order valence-electron chi connectivity index (χ1n) is 5.05. The van der Waals surface area contributed by atoms with E-state index in [1.165, 1.54) is 6.07 Å². The summed E-state index contributed by atoms with van der Waals surface area (Å²) in [7, 11) is 0. The summed E-state index contributed by atoms with van der Waals surface area (Å²) >= 11 is 0. The fraction of sp³-hybridized carbons (Fsp3) is 0.167. The van der Waals surface area contributed by atoms with Gasteiger partial charge in [-0.3, -0.25) is 9.59 Å². The second-order valence-corrected chi connectivity index (χ2v) is 3.61. The molecule has 0 unspecified atom stereocenters. The van der Waals surface area contributed by atoms with Gasteiger partial charge in [0.15, 0.2) is 5.43 Å². The lowest BCUT2D eigenvalue weighted by molar-refractivity contribution is -0.118. The molecule has 1 aromatic carbocycles. The van der Waals surface area contributed by atoms with E-state index in [2.05, 4.69) is 0 Å². The van der Waals surface area contributed by atoms with Crippen molar-refractivity contribution in [3.63, 3.8) is 0 Å². The largest absolute Gasteiger partial charge is 0.370 e. The normalized spacial score (nSPS) is 10.5. The van der Waals surface area contributed by atoms with Crippen molar-refractivity contribution in [3.05, 3.63) is 46.8 Å². The van der Waals surface area contributed by atoms with E-state index in [0.29, 0.717) is 11.9 Å². The highest BCUT2D eigenvalue weighted by Crippen LogP contribution is 2.09. The Morgan fingerprint density at radius 3 is 2.75 bits per heavy atom. The Balaban J connectivity index is 2.50. The number of hydrogen-bond donors (Lipinski definition) is 1. The molecule has 1 heterocycles. The Hall–Kier alpha value is -2.10. The molecule has 2 N–H and O–H groups in total. The first kappa shape index (κ1) is 10.4. The number of carbonyl (C=O) groups is 1. The van der Waals surface area contributed by atoms with Crippen LogP contribution in [-0.2, 0) is 11.3 Å². The zero-order valence-electron chi connectivity index (χ0n) is 8.72. The highest BCUT2D eigenvalue weighted by Gasteiger charge is 2.02. The highest BCUT2D eigenvalue weighted by molar-refractivity contribution is 5.79. The molecule has 1 amide bonds. The molecule has 0 aliphatic rings. The van der Waals surface area contributed by atoms with Gasteiger partial charge in [-0.15, -0.1) is 0 Å². The molecule has 0 aliphatic heterocycles. The number of primary amides is 1. The second kappa shape index (κ2) is 4.18. The van der Waals surface area contributed by atoms with E-state index >= 15 is 0 Å². The number of carbonyl (C=O) groups excluding carboxylic acids is 1. The molecule has 82 valence electrons. The van der Waals surface area contributed by atoms with Crippen LogP contribution in [0.15, 0.2) is 41.3 Å². The average Bonchev–Trinajstić information content (AvgIpc) is 2.28. The first-order chi connectivity index (χ1) is 7.68. The van der Waals surface area contributed by atoms with Crippen molar-refractivity contribution in [2.75, 3.05) is 0 Å². The lowest BCUT2D eigenvalue weighted by Crippen LogP contribution is -2.15. The van der Waals surface area contributed by atoms with Gasteiger partial charge in [0, 0.05) is 30.6 Å². The van der Waals surface area contributed by atoms with Crippen LogP contribution in [0.3, 0.4) is 0 Å². The number of para-hydroxylation sites is 1. The maximum absolute atomic E-state index is 11.6. The van der Waals surface area contributed by atoms with Crippen LogP contribution in [0.2, 0.25) is 0 Å². The Morgan fingerprint density at radius 1 is 1.25 bits per heavy atom. The summed E-state index contributed by atoms with van der Waals surface area (Å²) in [4.78, 5) is 22.3. The number of nitrogens with zero attached hydrogens (tertiary/aromatic N) is 1. The van der Waals surface area contributed by atoms with Crippen molar-refractivity contribution >= 4 is 16.8 Å². The van der Waals surface area contributed by atoms with E-state index in [1.54, 1.807) is 12.3 Å². The molecule has 1 aromatic heterocycles. The van der Waals surface area contributed by atoms with Crippen LogP contribution in [0.5, 0.6) is 0 Å². The number of rotatable bonds is 3. The molecule has 0 radical (unpaired) electrons. The van der Waals surface area contributed by atoms with E-state index < -0.39 is 0 Å². The monoisotopic (exact) mass is 216 g/mol. The fourth-order valence-corrected chi connectivity index (χ4v) is 1.69. The topological polar surface area (TPSA) is 65.1 Å². The van der Waals surface area contributed by atoms with Crippen LogP contribution in [0.1, 0.15) is 6.42 Å². The molecule has 0 fully saturated rings. The molecule has 0 aliphatic carbocycles. The number of pyridine rings is 1. The van der Waals surface area contributed by atoms with Crippen molar-refractivity contribution in [2.45, 2.75) is 13.0 Å². The van der Waals surface area contributed by atoms with Crippen molar-refractivity contribution < 1.29 is 4.79 Å². The first-order valence-corrected chi connectivity index (χ1v) is 5.05. The SMILES string of the molecule is NC(=O)CCn1ccc(=O)c2ccccc21. The fourth-order valence-electron chi connectivity index (χ4n) is 1.69. The molecule has 4 heteroatoms.